The Labute approximate surface area is 119 Å². The number of amides is 2. The maximum Gasteiger partial charge on any atom is 0.299 e. The van der Waals surface area contributed by atoms with Crippen molar-refractivity contribution in [3.05, 3.63) is 29.3 Å². The van der Waals surface area contributed by atoms with Gasteiger partial charge in [-0.25, -0.2) is 8.78 Å². The minimum absolute atomic E-state index is 0.0450. The molecule has 1 saturated heterocycles. The second-order valence-corrected chi connectivity index (χ2v) is 5.09. The van der Waals surface area contributed by atoms with Crippen LogP contribution in [-0.4, -0.2) is 42.1 Å². The first kappa shape index (κ1) is 13.7. The molecule has 0 radical (unpaired) electrons. The van der Waals surface area contributed by atoms with Crippen LogP contribution in [-0.2, 0) is 9.59 Å². The first-order chi connectivity index (χ1) is 9.99. The molecule has 0 saturated carbocycles. The van der Waals surface area contributed by atoms with Crippen molar-refractivity contribution in [2.75, 3.05) is 24.5 Å². The molecular formula is C14H12F2N2O3. The highest BCUT2D eigenvalue weighted by molar-refractivity contribution is 6.52. The number of carbonyl (C=O) groups excluding carboxylic acids is 3. The van der Waals surface area contributed by atoms with E-state index in [2.05, 4.69) is 0 Å². The Morgan fingerprint density at radius 2 is 1.71 bits per heavy atom. The van der Waals surface area contributed by atoms with Crippen molar-refractivity contribution >= 4 is 23.3 Å². The van der Waals surface area contributed by atoms with Crippen LogP contribution in [0.15, 0.2) is 12.1 Å². The number of halogens is 2. The summed E-state index contributed by atoms with van der Waals surface area (Å²) in [5.74, 6) is -4.50. The first-order valence-electron chi connectivity index (χ1n) is 6.62. The topological polar surface area (TPSA) is 57.7 Å². The molecule has 3 rings (SSSR count). The van der Waals surface area contributed by atoms with Gasteiger partial charge in [0, 0.05) is 19.2 Å². The van der Waals surface area contributed by atoms with Crippen molar-refractivity contribution in [2.24, 2.45) is 0 Å². The largest absolute Gasteiger partial charge is 0.341 e. The van der Waals surface area contributed by atoms with Crippen molar-refractivity contribution in [1.82, 2.24) is 4.90 Å². The number of rotatable bonds is 2. The SMILES string of the molecule is O=C1C(=O)N(CC(=O)N2CCCC2)c2cc(F)c(F)cc21. The molecule has 0 N–H and O–H groups in total. The summed E-state index contributed by atoms with van der Waals surface area (Å²) in [7, 11) is 0. The smallest absolute Gasteiger partial charge is 0.299 e. The lowest BCUT2D eigenvalue weighted by atomic mass is 10.1. The van der Waals surface area contributed by atoms with Crippen LogP contribution in [0.4, 0.5) is 14.5 Å². The Morgan fingerprint density at radius 3 is 2.38 bits per heavy atom. The van der Waals surface area contributed by atoms with Gasteiger partial charge in [0.05, 0.1) is 11.3 Å². The zero-order chi connectivity index (χ0) is 15.1. The van der Waals surface area contributed by atoms with E-state index in [0.29, 0.717) is 19.2 Å². The molecule has 0 bridgehead atoms. The molecule has 1 aromatic carbocycles. The third-order valence-corrected chi connectivity index (χ3v) is 3.77. The van der Waals surface area contributed by atoms with Crippen molar-refractivity contribution < 1.29 is 23.2 Å². The Hall–Kier alpha value is -2.31. The number of fused-ring (bicyclic) bond motifs is 1. The van der Waals surface area contributed by atoms with Gasteiger partial charge >= 0.3 is 0 Å². The van der Waals surface area contributed by atoms with Gasteiger partial charge in [-0.3, -0.25) is 19.3 Å². The van der Waals surface area contributed by atoms with Crippen LogP contribution < -0.4 is 4.90 Å². The molecular weight excluding hydrogens is 282 g/mol. The highest BCUT2D eigenvalue weighted by Gasteiger charge is 2.38. The summed E-state index contributed by atoms with van der Waals surface area (Å²) in [6, 6.07) is 1.48. The fourth-order valence-electron chi connectivity index (χ4n) is 2.65. The number of benzene rings is 1. The van der Waals surface area contributed by atoms with Gasteiger partial charge in [0.1, 0.15) is 6.54 Å². The van der Waals surface area contributed by atoms with Crippen molar-refractivity contribution in [2.45, 2.75) is 12.8 Å². The summed E-state index contributed by atoms with van der Waals surface area (Å²) in [5.41, 5.74) is -0.246. The average molecular weight is 294 g/mol. The van der Waals surface area contributed by atoms with Gasteiger partial charge in [0.25, 0.3) is 11.7 Å². The lowest BCUT2D eigenvalue weighted by Gasteiger charge is -2.21. The van der Waals surface area contributed by atoms with Crippen molar-refractivity contribution in [3.63, 3.8) is 0 Å². The van der Waals surface area contributed by atoms with Crippen LogP contribution in [0, 0.1) is 11.6 Å². The summed E-state index contributed by atoms with van der Waals surface area (Å²) in [6.07, 6.45) is 1.80. The monoisotopic (exact) mass is 294 g/mol. The molecule has 2 aliphatic rings. The van der Waals surface area contributed by atoms with E-state index in [9.17, 15) is 23.2 Å². The first-order valence-corrected chi connectivity index (χ1v) is 6.62. The fraction of sp³-hybridized carbons (Fsp3) is 0.357. The van der Waals surface area contributed by atoms with Crippen LogP contribution in [0.1, 0.15) is 23.2 Å². The summed E-state index contributed by atoms with van der Waals surface area (Å²) < 4.78 is 26.5. The van der Waals surface area contributed by atoms with Gasteiger partial charge in [0.15, 0.2) is 11.6 Å². The number of hydrogen-bond acceptors (Lipinski definition) is 3. The number of carbonyl (C=O) groups is 3. The number of hydrogen-bond donors (Lipinski definition) is 0. The van der Waals surface area contributed by atoms with Crippen molar-refractivity contribution in [3.8, 4) is 0 Å². The van der Waals surface area contributed by atoms with Gasteiger partial charge in [-0.2, -0.15) is 0 Å². The maximum atomic E-state index is 13.3. The predicted octanol–water partition coefficient (Wildman–Crippen LogP) is 1.12. The van der Waals surface area contributed by atoms with Crippen LogP contribution in [0.25, 0.3) is 0 Å². The second kappa shape index (κ2) is 4.91. The fourth-order valence-corrected chi connectivity index (χ4v) is 2.65. The van der Waals surface area contributed by atoms with E-state index in [0.717, 1.165) is 23.8 Å². The molecule has 2 amide bonds. The molecule has 0 aromatic heterocycles. The van der Waals surface area contributed by atoms with Gasteiger partial charge in [0.2, 0.25) is 5.91 Å². The zero-order valence-electron chi connectivity index (χ0n) is 11.1. The standard InChI is InChI=1S/C14H12F2N2O3/c15-9-5-8-11(6-10(9)16)18(14(21)13(8)20)7-12(19)17-3-1-2-4-17/h5-6H,1-4,7H2. The predicted molar refractivity (Wildman–Crippen MR) is 68.9 cm³/mol. The molecule has 7 heteroatoms. The molecule has 0 aliphatic carbocycles. The van der Waals surface area contributed by atoms with Crippen LogP contribution in [0.3, 0.4) is 0 Å². The van der Waals surface area contributed by atoms with Crippen molar-refractivity contribution in [1.29, 1.82) is 0 Å². The number of nitrogens with zero attached hydrogens (tertiary/aromatic N) is 2. The summed E-state index contributed by atoms with van der Waals surface area (Å²) in [4.78, 5) is 38.2. The number of ketones is 1. The Morgan fingerprint density at radius 1 is 1.10 bits per heavy atom. The summed E-state index contributed by atoms with van der Waals surface area (Å²) in [6.45, 7) is 0.890. The van der Waals surface area contributed by atoms with E-state index >= 15 is 0 Å². The third kappa shape index (κ3) is 2.18. The highest BCUT2D eigenvalue weighted by Crippen LogP contribution is 2.31. The highest BCUT2D eigenvalue weighted by atomic mass is 19.2. The lowest BCUT2D eigenvalue weighted by Crippen LogP contribution is -2.41. The van der Waals surface area contributed by atoms with E-state index in [1.54, 1.807) is 4.90 Å². The molecule has 1 aromatic rings. The van der Waals surface area contributed by atoms with E-state index in [1.807, 2.05) is 0 Å². The number of anilines is 1. The second-order valence-electron chi connectivity index (χ2n) is 5.09. The Balaban J connectivity index is 1.90. The lowest BCUT2D eigenvalue weighted by molar-refractivity contribution is -0.129. The molecule has 0 atom stereocenters. The number of likely N-dealkylation sites (tertiary alicyclic amines) is 1. The minimum atomic E-state index is -1.19. The van der Waals surface area contributed by atoms with E-state index in [1.165, 1.54) is 0 Å². The van der Waals surface area contributed by atoms with Gasteiger partial charge < -0.3 is 4.90 Å². The zero-order valence-corrected chi connectivity index (χ0v) is 11.1. The molecule has 5 nitrogen and oxygen atoms in total. The third-order valence-electron chi connectivity index (χ3n) is 3.77. The van der Waals surface area contributed by atoms with Gasteiger partial charge in [-0.1, -0.05) is 0 Å². The summed E-state index contributed by atoms with van der Waals surface area (Å²) >= 11 is 0. The molecule has 2 heterocycles. The van der Waals surface area contributed by atoms with E-state index in [4.69, 9.17) is 0 Å². The average Bonchev–Trinajstić information content (AvgIpc) is 3.05. The van der Waals surface area contributed by atoms with Crippen LogP contribution in [0.2, 0.25) is 0 Å². The maximum absolute atomic E-state index is 13.3. The van der Waals surface area contributed by atoms with Crippen LogP contribution in [0.5, 0.6) is 0 Å². The van der Waals surface area contributed by atoms with Crippen LogP contribution >= 0.6 is 0 Å². The van der Waals surface area contributed by atoms with E-state index < -0.39 is 23.3 Å². The normalized spacial score (nSPS) is 17.6. The molecule has 1 fully saturated rings. The number of Topliss-reactive ketones (excluding diaryl/α,β-unsaturated/α-hetero) is 1. The molecule has 2 aliphatic heterocycles. The quantitative estimate of drug-likeness (QED) is 0.768. The molecule has 21 heavy (non-hydrogen) atoms. The van der Waals surface area contributed by atoms with E-state index in [-0.39, 0.29) is 23.7 Å². The van der Waals surface area contributed by atoms with Gasteiger partial charge in [-0.05, 0) is 18.9 Å². The molecule has 0 unspecified atom stereocenters. The minimum Gasteiger partial charge on any atom is -0.341 e. The Kier molecular flexibility index (Phi) is 3.19. The molecule has 110 valence electrons. The Bertz CT molecular complexity index is 654. The van der Waals surface area contributed by atoms with Gasteiger partial charge in [-0.15, -0.1) is 0 Å². The summed E-state index contributed by atoms with van der Waals surface area (Å²) in [5, 5.41) is 0. The molecule has 0 spiro atoms.